The van der Waals surface area contributed by atoms with Gasteiger partial charge < -0.3 is 19.7 Å². The van der Waals surface area contributed by atoms with Crippen LogP contribution in [0.2, 0.25) is 10.0 Å². The minimum absolute atomic E-state index is 0.0175. The lowest BCUT2D eigenvalue weighted by Gasteiger charge is -2.23. The Bertz CT molecular complexity index is 698. The maximum Gasteiger partial charge on any atom is 0.140 e. The van der Waals surface area contributed by atoms with Crippen LogP contribution in [0.15, 0.2) is 36.4 Å². The van der Waals surface area contributed by atoms with Crippen molar-refractivity contribution in [3.05, 3.63) is 57.6 Å². The number of benzene rings is 2. The van der Waals surface area contributed by atoms with Crippen LogP contribution in [-0.2, 0) is 0 Å². The third-order valence-electron chi connectivity index (χ3n) is 5.25. The maximum absolute atomic E-state index is 6.32. The first kappa shape index (κ1) is 22.2. The highest BCUT2D eigenvalue weighted by atomic mass is 35.5. The molecule has 0 amide bonds. The van der Waals surface area contributed by atoms with Crippen molar-refractivity contribution >= 4 is 23.2 Å². The van der Waals surface area contributed by atoms with Gasteiger partial charge in [0.05, 0.1) is 16.1 Å². The van der Waals surface area contributed by atoms with Crippen molar-refractivity contribution in [1.29, 1.82) is 0 Å². The first-order valence-electron chi connectivity index (χ1n) is 10.3. The molecule has 2 aromatic carbocycles. The first-order chi connectivity index (χ1) is 14.0. The number of para-hydroxylation sites is 2. The summed E-state index contributed by atoms with van der Waals surface area (Å²) in [4.78, 5) is 2.49. The lowest BCUT2D eigenvalue weighted by Crippen LogP contribution is -2.43. The molecule has 6 heteroatoms. The highest BCUT2D eigenvalue weighted by molar-refractivity contribution is 6.32. The maximum atomic E-state index is 6.32. The van der Waals surface area contributed by atoms with Gasteiger partial charge in [-0.15, -0.1) is 0 Å². The molecule has 1 aliphatic rings. The summed E-state index contributed by atoms with van der Waals surface area (Å²) < 4.78 is 12.2. The number of nitrogens with zero attached hydrogens (tertiary/aromatic N) is 1. The van der Waals surface area contributed by atoms with Crippen LogP contribution in [0.25, 0.3) is 0 Å². The van der Waals surface area contributed by atoms with Gasteiger partial charge in [-0.2, -0.15) is 0 Å². The number of hydrogen-bond donors (Lipinski definition) is 1. The summed E-state index contributed by atoms with van der Waals surface area (Å²) in [5, 5.41) is 4.84. The van der Waals surface area contributed by atoms with Crippen LogP contribution in [-0.4, -0.2) is 50.3 Å². The number of likely N-dealkylation sites (tertiary alicyclic amines) is 1. The zero-order chi connectivity index (χ0) is 20.6. The Morgan fingerprint density at radius 2 is 1.41 bits per heavy atom. The lowest BCUT2D eigenvalue weighted by atomic mass is 10.2. The Labute approximate surface area is 184 Å². The van der Waals surface area contributed by atoms with Gasteiger partial charge in [0.25, 0.3) is 0 Å². The molecule has 0 aliphatic carbocycles. The average molecular weight is 437 g/mol. The first-order valence-corrected chi connectivity index (χ1v) is 11.0. The van der Waals surface area contributed by atoms with Gasteiger partial charge in [0.15, 0.2) is 0 Å². The van der Waals surface area contributed by atoms with Crippen molar-refractivity contribution in [3.63, 3.8) is 0 Å². The number of ether oxygens (including phenoxy) is 2. The highest BCUT2D eigenvalue weighted by Crippen LogP contribution is 2.29. The monoisotopic (exact) mass is 436 g/mol. The summed E-state index contributed by atoms with van der Waals surface area (Å²) >= 11 is 12.6. The van der Waals surface area contributed by atoms with E-state index in [1.165, 1.54) is 25.9 Å². The Morgan fingerprint density at radius 3 is 1.90 bits per heavy atom. The molecule has 0 unspecified atom stereocenters. The predicted octanol–water partition coefficient (Wildman–Crippen LogP) is 5.12. The Hall–Kier alpha value is -1.46. The van der Waals surface area contributed by atoms with E-state index in [1.54, 1.807) is 0 Å². The van der Waals surface area contributed by atoms with Crippen molar-refractivity contribution in [2.75, 3.05) is 39.4 Å². The number of halogens is 2. The minimum atomic E-state index is 0.0175. The van der Waals surface area contributed by atoms with Gasteiger partial charge in [0.2, 0.25) is 0 Å². The van der Waals surface area contributed by atoms with Crippen molar-refractivity contribution in [2.24, 2.45) is 0 Å². The summed E-state index contributed by atoms with van der Waals surface area (Å²) in [5.74, 6) is 1.46. The van der Waals surface area contributed by atoms with Crippen LogP contribution in [0.3, 0.4) is 0 Å². The van der Waals surface area contributed by atoms with Crippen LogP contribution in [0.5, 0.6) is 11.5 Å². The second kappa shape index (κ2) is 11.1. The molecule has 0 radical (unpaired) electrons. The van der Waals surface area contributed by atoms with Crippen molar-refractivity contribution in [3.8, 4) is 11.5 Å². The van der Waals surface area contributed by atoms with E-state index in [0.29, 0.717) is 23.3 Å². The number of hydrogen-bond acceptors (Lipinski definition) is 4. The molecular weight excluding hydrogens is 407 g/mol. The molecule has 1 heterocycles. The molecule has 0 bridgehead atoms. The molecule has 158 valence electrons. The molecule has 1 fully saturated rings. The predicted molar refractivity (Wildman–Crippen MR) is 121 cm³/mol. The summed E-state index contributed by atoms with van der Waals surface area (Å²) in [6.07, 6.45) is 2.60. The van der Waals surface area contributed by atoms with Gasteiger partial charge >= 0.3 is 0 Å². The molecule has 29 heavy (non-hydrogen) atoms. The zero-order valence-electron chi connectivity index (χ0n) is 17.2. The van der Waals surface area contributed by atoms with Crippen LogP contribution in [0.4, 0.5) is 0 Å². The molecule has 4 nitrogen and oxygen atoms in total. The van der Waals surface area contributed by atoms with E-state index in [4.69, 9.17) is 32.7 Å². The fraction of sp³-hybridized carbons (Fsp3) is 0.478. The molecule has 3 rings (SSSR count). The van der Waals surface area contributed by atoms with Crippen molar-refractivity contribution in [1.82, 2.24) is 10.2 Å². The smallest absolute Gasteiger partial charge is 0.140 e. The second-order valence-corrected chi connectivity index (χ2v) is 8.41. The molecule has 0 spiro atoms. The summed E-state index contributed by atoms with van der Waals surface area (Å²) in [5.41, 5.74) is 2.05. The quantitative estimate of drug-likeness (QED) is 0.559. The van der Waals surface area contributed by atoms with Gasteiger partial charge in [-0.3, -0.25) is 0 Å². The third kappa shape index (κ3) is 6.51. The van der Waals surface area contributed by atoms with E-state index in [-0.39, 0.29) is 6.04 Å². The fourth-order valence-electron chi connectivity index (χ4n) is 3.57. The second-order valence-electron chi connectivity index (χ2n) is 7.59. The van der Waals surface area contributed by atoms with Crippen LogP contribution in [0.1, 0.15) is 24.0 Å². The molecule has 2 aromatic rings. The van der Waals surface area contributed by atoms with E-state index >= 15 is 0 Å². The van der Waals surface area contributed by atoms with Gasteiger partial charge in [-0.1, -0.05) is 47.5 Å². The highest BCUT2D eigenvalue weighted by Gasteiger charge is 2.16. The van der Waals surface area contributed by atoms with E-state index in [2.05, 4.69) is 10.2 Å². The van der Waals surface area contributed by atoms with Crippen LogP contribution < -0.4 is 14.8 Å². The molecule has 0 aromatic heterocycles. The summed E-state index contributed by atoms with van der Waals surface area (Å²) in [7, 11) is 0. The minimum Gasteiger partial charge on any atom is -0.490 e. The van der Waals surface area contributed by atoms with E-state index in [0.717, 1.165) is 35.7 Å². The number of nitrogens with one attached hydrogen (secondary N) is 1. The zero-order valence-corrected chi connectivity index (χ0v) is 18.7. The molecule has 1 aliphatic heterocycles. The molecule has 1 saturated heterocycles. The lowest BCUT2D eigenvalue weighted by molar-refractivity contribution is 0.191. The van der Waals surface area contributed by atoms with E-state index < -0.39 is 0 Å². The van der Waals surface area contributed by atoms with Crippen LogP contribution >= 0.6 is 23.2 Å². The normalized spacial score (nSPS) is 14.5. The molecule has 1 N–H and O–H groups in total. The van der Waals surface area contributed by atoms with Gasteiger partial charge in [0.1, 0.15) is 24.7 Å². The molecule has 0 saturated carbocycles. The Morgan fingerprint density at radius 1 is 0.897 bits per heavy atom. The molecular formula is C23H30Cl2N2O2. The van der Waals surface area contributed by atoms with Gasteiger partial charge in [-0.05, 0) is 63.0 Å². The van der Waals surface area contributed by atoms with Gasteiger partial charge in [0, 0.05) is 13.1 Å². The summed E-state index contributed by atoms with van der Waals surface area (Å²) in [6, 6.07) is 11.6. The van der Waals surface area contributed by atoms with Crippen molar-refractivity contribution in [2.45, 2.75) is 32.7 Å². The largest absolute Gasteiger partial charge is 0.490 e. The SMILES string of the molecule is Cc1cccc(Cl)c1OCC(COc1c(C)cccc1Cl)NCCN1CCCC1. The standard InChI is InChI=1S/C23H30Cl2N2O2/c1-17-7-5-9-20(24)22(17)28-15-19(26-11-14-27-12-3-4-13-27)16-29-23-18(2)8-6-10-21(23)25/h5-10,19,26H,3-4,11-16H2,1-2H3. The van der Waals surface area contributed by atoms with Gasteiger partial charge in [-0.25, -0.2) is 0 Å². The molecule has 0 atom stereocenters. The van der Waals surface area contributed by atoms with Crippen LogP contribution in [0, 0.1) is 13.8 Å². The Balaban J connectivity index is 1.60. The Kier molecular flexibility index (Phi) is 8.49. The van der Waals surface area contributed by atoms with Crippen molar-refractivity contribution < 1.29 is 9.47 Å². The topological polar surface area (TPSA) is 33.7 Å². The summed E-state index contributed by atoms with van der Waals surface area (Å²) in [6.45, 7) is 9.24. The third-order valence-corrected chi connectivity index (χ3v) is 5.84. The van der Waals surface area contributed by atoms with E-state index in [1.807, 2.05) is 50.2 Å². The fourth-order valence-corrected chi connectivity index (χ4v) is 4.12. The van der Waals surface area contributed by atoms with E-state index in [9.17, 15) is 0 Å². The number of aryl methyl sites for hydroxylation is 2. The number of rotatable bonds is 10. The average Bonchev–Trinajstić information content (AvgIpc) is 3.20.